The maximum Gasteiger partial charge on any atom is 0.0145 e. The van der Waals surface area contributed by atoms with Gasteiger partial charge in [0.2, 0.25) is 0 Å². The molecule has 4 rings (SSSR count). The quantitative estimate of drug-likeness (QED) is 0.650. The van der Waals surface area contributed by atoms with E-state index in [0.29, 0.717) is 5.92 Å². The Bertz CT molecular complexity index is 449. The summed E-state index contributed by atoms with van der Waals surface area (Å²) in [6.45, 7) is 1.19. The molecule has 1 saturated heterocycles. The van der Waals surface area contributed by atoms with Crippen LogP contribution >= 0.6 is 0 Å². The fourth-order valence-electron chi connectivity index (χ4n) is 3.85. The maximum absolute atomic E-state index is 3.74. The van der Waals surface area contributed by atoms with Crippen LogP contribution in [-0.2, 0) is 6.42 Å². The number of allylic oxidation sites excluding steroid dienone is 1. The molecule has 1 nitrogen and oxygen atoms in total. The first-order valence-electron chi connectivity index (χ1n) is 6.41. The van der Waals surface area contributed by atoms with Crippen molar-refractivity contribution in [1.82, 2.24) is 5.32 Å². The fourth-order valence-corrected chi connectivity index (χ4v) is 3.85. The van der Waals surface area contributed by atoms with E-state index >= 15 is 0 Å². The fraction of sp³-hybridized carbons (Fsp3) is 0.467. The third kappa shape index (κ3) is 1.15. The monoisotopic (exact) mass is 211 g/mol. The molecule has 1 heterocycles. The second kappa shape index (κ2) is 3.21. The zero-order valence-corrected chi connectivity index (χ0v) is 9.39. The van der Waals surface area contributed by atoms with Crippen LogP contribution in [0.3, 0.4) is 0 Å². The SMILES string of the molecule is C1=CC2c3ccccc3CC3NCC1CC32. The van der Waals surface area contributed by atoms with Gasteiger partial charge in [-0.2, -0.15) is 0 Å². The van der Waals surface area contributed by atoms with Crippen molar-refractivity contribution in [2.45, 2.75) is 24.8 Å². The van der Waals surface area contributed by atoms with Crippen molar-refractivity contribution < 1.29 is 0 Å². The minimum absolute atomic E-state index is 0.680. The summed E-state index contributed by atoms with van der Waals surface area (Å²) >= 11 is 0. The highest BCUT2D eigenvalue weighted by Crippen LogP contribution is 2.45. The van der Waals surface area contributed by atoms with E-state index in [9.17, 15) is 0 Å². The lowest BCUT2D eigenvalue weighted by molar-refractivity contribution is 0.199. The zero-order valence-electron chi connectivity index (χ0n) is 9.39. The van der Waals surface area contributed by atoms with Crippen molar-refractivity contribution in [3.05, 3.63) is 47.5 Å². The van der Waals surface area contributed by atoms with Crippen LogP contribution in [0.5, 0.6) is 0 Å². The standard InChI is InChI=1S/C15H17N/c1-2-4-12-11(3-1)8-15-14-7-10(9-16-15)5-6-13(12)14/h1-6,10,13-16H,7-9H2. The minimum atomic E-state index is 0.680. The molecule has 4 unspecified atom stereocenters. The number of benzene rings is 1. The summed E-state index contributed by atoms with van der Waals surface area (Å²) in [6, 6.07) is 9.73. The van der Waals surface area contributed by atoms with Crippen LogP contribution in [0.25, 0.3) is 0 Å². The summed E-state index contributed by atoms with van der Waals surface area (Å²) in [5, 5.41) is 3.74. The molecule has 0 amide bonds. The van der Waals surface area contributed by atoms with Gasteiger partial charge in [-0.15, -0.1) is 0 Å². The van der Waals surface area contributed by atoms with Gasteiger partial charge in [-0.1, -0.05) is 36.4 Å². The molecule has 1 heteroatoms. The minimum Gasteiger partial charge on any atom is -0.313 e. The number of nitrogens with one attached hydrogen (secondary N) is 1. The molecule has 1 aliphatic heterocycles. The summed E-state index contributed by atoms with van der Waals surface area (Å²) in [5.74, 6) is 2.32. The Kier molecular flexibility index (Phi) is 1.80. The summed E-state index contributed by atoms with van der Waals surface area (Å²) < 4.78 is 0. The van der Waals surface area contributed by atoms with Crippen molar-refractivity contribution in [3.8, 4) is 0 Å². The van der Waals surface area contributed by atoms with Crippen molar-refractivity contribution in [3.63, 3.8) is 0 Å². The van der Waals surface area contributed by atoms with E-state index in [0.717, 1.165) is 17.9 Å². The molecule has 0 aromatic heterocycles. The summed E-state index contributed by atoms with van der Waals surface area (Å²) in [7, 11) is 0. The lowest BCUT2D eigenvalue weighted by atomic mass is 9.64. The first-order valence-corrected chi connectivity index (χ1v) is 6.41. The number of rotatable bonds is 0. The van der Waals surface area contributed by atoms with Gasteiger partial charge in [-0.05, 0) is 35.8 Å². The molecule has 1 N–H and O–H groups in total. The molecule has 2 aliphatic carbocycles. The van der Waals surface area contributed by atoms with Crippen molar-refractivity contribution in [1.29, 1.82) is 0 Å². The summed E-state index contributed by atoms with van der Waals surface area (Å²) in [5.41, 5.74) is 3.15. The predicted molar refractivity (Wildman–Crippen MR) is 65.4 cm³/mol. The van der Waals surface area contributed by atoms with Crippen molar-refractivity contribution in [2.24, 2.45) is 11.8 Å². The molecule has 16 heavy (non-hydrogen) atoms. The van der Waals surface area contributed by atoms with Gasteiger partial charge >= 0.3 is 0 Å². The maximum atomic E-state index is 3.74. The Morgan fingerprint density at radius 3 is 3.06 bits per heavy atom. The molecule has 1 fully saturated rings. The molecule has 2 bridgehead atoms. The van der Waals surface area contributed by atoms with Crippen LogP contribution in [0.4, 0.5) is 0 Å². The van der Waals surface area contributed by atoms with Crippen molar-refractivity contribution in [2.75, 3.05) is 6.54 Å². The lowest BCUT2D eigenvalue weighted by Gasteiger charge is -2.46. The van der Waals surface area contributed by atoms with Crippen LogP contribution < -0.4 is 5.32 Å². The first-order chi connectivity index (χ1) is 7.92. The number of fused-ring (bicyclic) bond motifs is 3. The number of piperidine rings is 1. The second-order valence-corrected chi connectivity index (χ2v) is 5.49. The van der Waals surface area contributed by atoms with E-state index in [1.807, 2.05) is 0 Å². The Balaban J connectivity index is 1.87. The molecule has 0 radical (unpaired) electrons. The Morgan fingerprint density at radius 1 is 1.12 bits per heavy atom. The van der Waals surface area contributed by atoms with E-state index < -0.39 is 0 Å². The van der Waals surface area contributed by atoms with Crippen LogP contribution in [-0.4, -0.2) is 12.6 Å². The molecule has 1 aromatic rings. The molecular formula is C15H17N. The largest absolute Gasteiger partial charge is 0.313 e. The first kappa shape index (κ1) is 9.00. The predicted octanol–water partition coefficient (Wildman–Crippen LogP) is 2.49. The third-order valence-corrected chi connectivity index (χ3v) is 4.64. The Labute approximate surface area is 96.6 Å². The number of hydrogen-bond acceptors (Lipinski definition) is 1. The van der Waals surface area contributed by atoms with Gasteiger partial charge in [0, 0.05) is 18.5 Å². The molecular weight excluding hydrogens is 194 g/mol. The van der Waals surface area contributed by atoms with Crippen LogP contribution in [0.2, 0.25) is 0 Å². The van der Waals surface area contributed by atoms with E-state index in [4.69, 9.17) is 0 Å². The van der Waals surface area contributed by atoms with Crippen LogP contribution in [0.1, 0.15) is 23.5 Å². The van der Waals surface area contributed by atoms with Gasteiger partial charge in [0.05, 0.1) is 0 Å². The topological polar surface area (TPSA) is 12.0 Å². The molecule has 82 valence electrons. The van der Waals surface area contributed by atoms with Crippen LogP contribution in [0, 0.1) is 11.8 Å². The molecule has 0 spiro atoms. The molecule has 4 atom stereocenters. The zero-order chi connectivity index (χ0) is 10.5. The Hall–Kier alpha value is -1.08. The molecule has 1 aromatic carbocycles. The Morgan fingerprint density at radius 2 is 2.06 bits per heavy atom. The van der Waals surface area contributed by atoms with Crippen LogP contribution in [0.15, 0.2) is 36.4 Å². The van der Waals surface area contributed by atoms with E-state index in [2.05, 4.69) is 41.7 Å². The number of hydrogen-bond donors (Lipinski definition) is 1. The van der Waals surface area contributed by atoms with Gasteiger partial charge in [0.25, 0.3) is 0 Å². The smallest absolute Gasteiger partial charge is 0.0145 e. The van der Waals surface area contributed by atoms with E-state index in [1.165, 1.54) is 19.4 Å². The van der Waals surface area contributed by atoms with Gasteiger partial charge in [-0.25, -0.2) is 0 Å². The highest BCUT2D eigenvalue weighted by Gasteiger charge is 2.40. The third-order valence-electron chi connectivity index (χ3n) is 4.64. The molecule has 3 aliphatic rings. The van der Waals surface area contributed by atoms with E-state index in [-0.39, 0.29) is 0 Å². The van der Waals surface area contributed by atoms with Gasteiger partial charge < -0.3 is 5.32 Å². The lowest BCUT2D eigenvalue weighted by Crippen LogP contribution is -2.51. The normalized spacial score (nSPS) is 39.2. The highest BCUT2D eigenvalue weighted by atomic mass is 14.9. The van der Waals surface area contributed by atoms with Gasteiger partial charge in [-0.3, -0.25) is 0 Å². The second-order valence-electron chi connectivity index (χ2n) is 5.49. The van der Waals surface area contributed by atoms with Gasteiger partial charge in [0.15, 0.2) is 0 Å². The van der Waals surface area contributed by atoms with Crippen molar-refractivity contribution >= 4 is 0 Å². The highest BCUT2D eigenvalue weighted by molar-refractivity contribution is 5.39. The average molecular weight is 211 g/mol. The van der Waals surface area contributed by atoms with Gasteiger partial charge in [0.1, 0.15) is 0 Å². The summed E-state index contributed by atoms with van der Waals surface area (Å²) in [4.78, 5) is 0. The molecule has 0 saturated carbocycles. The van der Waals surface area contributed by atoms with E-state index in [1.54, 1.807) is 11.1 Å². The summed E-state index contributed by atoms with van der Waals surface area (Å²) in [6.07, 6.45) is 7.54. The average Bonchev–Trinajstić information content (AvgIpc) is 2.36.